The Kier molecular flexibility index (Phi) is 8.48. The predicted octanol–water partition coefficient (Wildman–Crippen LogP) is 4.65. The van der Waals surface area contributed by atoms with Gasteiger partial charge in [0.2, 0.25) is 0 Å². The second-order valence-corrected chi connectivity index (χ2v) is 11.4. The van der Waals surface area contributed by atoms with Crippen LogP contribution in [-0.4, -0.2) is 56.3 Å². The van der Waals surface area contributed by atoms with Crippen LogP contribution < -0.4 is 15.4 Å². The van der Waals surface area contributed by atoms with Gasteiger partial charge < -0.3 is 20.5 Å². The molecule has 0 atom stereocenters. The SMILES string of the molecule is CCN(CC)CCNC(=O)c1c(C)[nH]c(C=C2C(=O)Nc3ccc(S(=O)(=O)Nc4cccc(Cl)c4)cc32)c1C. The van der Waals surface area contributed by atoms with E-state index in [0.717, 1.165) is 19.6 Å². The maximum atomic E-state index is 13.1. The van der Waals surface area contributed by atoms with Gasteiger partial charge in [-0.3, -0.25) is 14.3 Å². The van der Waals surface area contributed by atoms with Gasteiger partial charge in [0.1, 0.15) is 0 Å². The van der Waals surface area contributed by atoms with Crippen LogP contribution in [0.15, 0.2) is 47.4 Å². The van der Waals surface area contributed by atoms with Gasteiger partial charge in [-0.15, -0.1) is 0 Å². The minimum Gasteiger partial charge on any atom is -0.358 e. The minimum atomic E-state index is -3.95. The molecule has 1 aliphatic heterocycles. The van der Waals surface area contributed by atoms with E-state index in [0.29, 0.717) is 56.6 Å². The molecule has 0 saturated heterocycles. The molecule has 2 amide bonds. The monoisotopic (exact) mass is 569 g/mol. The highest BCUT2D eigenvalue weighted by molar-refractivity contribution is 7.92. The number of aromatic nitrogens is 1. The Morgan fingerprint density at radius 3 is 2.54 bits per heavy atom. The van der Waals surface area contributed by atoms with E-state index in [1.54, 1.807) is 30.3 Å². The number of sulfonamides is 1. The highest BCUT2D eigenvalue weighted by Crippen LogP contribution is 2.36. The normalized spacial score (nSPS) is 14.0. The molecule has 0 spiro atoms. The van der Waals surface area contributed by atoms with Crippen molar-refractivity contribution in [1.82, 2.24) is 15.2 Å². The molecule has 0 bridgehead atoms. The number of benzene rings is 2. The summed E-state index contributed by atoms with van der Waals surface area (Å²) in [5, 5.41) is 6.16. The molecule has 4 rings (SSSR count). The summed E-state index contributed by atoms with van der Waals surface area (Å²) in [5.41, 5.74) is 4.09. The van der Waals surface area contributed by atoms with Gasteiger partial charge >= 0.3 is 0 Å². The van der Waals surface area contributed by atoms with E-state index in [-0.39, 0.29) is 16.7 Å². The first kappa shape index (κ1) is 28.4. The van der Waals surface area contributed by atoms with Crippen LogP contribution in [0.25, 0.3) is 11.6 Å². The van der Waals surface area contributed by atoms with E-state index in [9.17, 15) is 18.0 Å². The fraction of sp³-hybridized carbons (Fsp3) is 0.286. The van der Waals surface area contributed by atoms with Gasteiger partial charge in [0.05, 0.1) is 21.7 Å². The average Bonchev–Trinajstić information content (AvgIpc) is 3.35. The predicted molar refractivity (Wildman–Crippen MR) is 156 cm³/mol. The van der Waals surface area contributed by atoms with Crippen molar-refractivity contribution in [3.63, 3.8) is 0 Å². The second kappa shape index (κ2) is 11.6. The van der Waals surface area contributed by atoms with Crippen LogP contribution in [-0.2, 0) is 14.8 Å². The lowest BCUT2D eigenvalue weighted by molar-refractivity contribution is -0.110. The zero-order valence-electron chi connectivity index (χ0n) is 22.3. The fourth-order valence-corrected chi connectivity index (χ4v) is 5.87. The van der Waals surface area contributed by atoms with Crippen molar-refractivity contribution < 1.29 is 18.0 Å². The number of nitrogens with zero attached hydrogens (tertiary/aromatic N) is 1. The number of carbonyl (C=O) groups excluding carboxylic acids is 2. The molecule has 11 heteroatoms. The summed E-state index contributed by atoms with van der Waals surface area (Å²) in [5.74, 6) is -0.547. The largest absolute Gasteiger partial charge is 0.358 e. The smallest absolute Gasteiger partial charge is 0.261 e. The summed E-state index contributed by atoms with van der Waals surface area (Å²) >= 11 is 5.99. The number of fused-ring (bicyclic) bond motifs is 1. The third-order valence-electron chi connectivity index (χ3n) is 6.76. The molecule has 0 radical (unpaired) electrons. The Hall–Kier alpha value is -3.60. The average molecular weight is 570 g/mol. The van der Waals surface area contributed by atoms with E-state index in [4.69, 9.17) is 11.6 Å². The molecule has 0 unspecified atom stereocenters. The molecule has 1 aliphatic rings. The highest BCUT2D eigenvalue weighted by Gasteiger charge is 2.28. The zero-order chi connectivity index (χ0) is 28.3. The van der Waals surface area contributed by atoms with E-state index in [2.05, 4.69) is 39.1 Å². The number of amides is 2. The maximum absolute atomic E-state index is 13.1. The summed E-state index contributed by atoms with van der Waals surface area (Å²) in [6, 6.07) is 10.8. The molecule has 9 nitrogen and oxygen atoms in total. The van der Waals surface area contributed by atoms with Gasteiger partial charge in [-0.1, -0.05) is 31.5 Å². The summed E-state index contributed by atoms with van der Waals surface area (Å²) < 4.78 is 28.7. The van der Waals surface area contributed by atoms with Gasteiger partial charge in [-0.05, 0) is 75.0 Å². The van der Waals surface area contributed by atoms with Crippen LogP contribution in [0.3, 0.4) is 0 Å². The number of hydrogen-bond acceptors (Lipinski definition) is 5. The van der Waals surface area contributed by atoms with Gasteiger partial charge in [0.25, 0.3) is 21.8 Å². The van der Waals surface area contributed by atoms with Gasteiger partial charge in [-0.2, -0.15) is 0 Å². The minimum absolute atomic E-state index is 0.00344. The van der Waals surface area contributed by atoms with Crippen LogP contribution in [0, 0.1) is 13.8 Å². The second-order valence-electron chi connectivity index (χ2n) is 9.28. The van der Waals surface area contributed by atoms with Crippen molar-refractivity contribution in [2.75, 3.05) is 36.2 Å². The summed E-state index contributed by atoms with van der Waals surface area (Å²) in [6.45, 7) is 10.9. The zero-order valence-corrected chi connectivity index (χ0v) is 23.9. The third-order valence-corrected chi connectivity index (χ3v) is 8.38. The number of anilines is 2. The summed E-state index contributed by atoms with van der Waals surface area (Å²) in [6.07, 6.45) is 1.65. The van der Waals surface area contributed by atoms with Gasteiger partial charge in [-0.25, -0.2) is 8.42 Å². The Labute approximate surface area is 233 Å². The standard InChI is InChI=1S/C28H32ClN5O4S/c1-5-34(6-2)13-12-30-28(36)26-17(3)25(31-18(26)4)16-23-22-15-21(10-11-24(22)32-27(23)35)39(37,38)33-20-9-7-8-19(29)14-20/h7-11,14-16,31,33H,5-6,12-13H2,1-4H3,(H,30,36)(H,32,35). The molecular weight excluding hydrogens is 538 g/mol. The lowest BCUT2D eigenvalue weighted by atomic mass is 10.0. The van der Waals surface area contributed by atoms with Crippen molar-refractivity contribution in [3.05, 3.63) is 75.6 Å². The lowest BCUT2D eigenvalue weighted by Gasteiger charge is -2.18. The van der Waals surface area contributed by atoms with Crippen LogP contribution in [0.1, 0.15) is 46.7 Å². The maximum Gasteiger partial charge on any atom is 0.261 e. The fourth-order valence-electron chi connectivity index (χ4n) is 4.60. The van der Waals surface area contributed by atoms with Crippen LogP contribution in [0.4, 0.5) is 11.4 Å². The number of nitrogens with one attached hydrogen (secondary N) is 4. The molecule has 2 heterocycles. The lowest BCUT2D eigenvalue weighted by Crippen LogP contribution is -2.35. The molecule has 3 aromatic rings. The summed E-state index contributed by atoms with van der Waals surface area (Å²) in [4.78, 5) is 31.2. The van der Waals surface area contributed by atoms with Crippen molar-refractivity contribution in [3.8, 4) is 0 Å². The number of H-pyrrole nitrogens is 1. The van der Waals surface area contributed by atoms with Crippen molar-refractivity contribution in [2.24, 2.45) is 0 Å². The molecule has 1 aromatic heterocycles. The van der Waals surface area contributed by atoms with Crippen molar-refractivity contribution in [2.45, 2.75) is 32.6 Å². The van der Waals surface area contributed by atoms with Crippen molar-refractivity contribution in [1.29, 1.82) is 0 Å². The van der Waals surface area contributed by atoms with E-state index in [1.165, 1.54) is 18.2 Å². The Morgan fingerprint density at radius 1 is 1.10 bits per heavy atom. The van der Waals surface area contributed by atoms with Crippen LogP contribution in [0.2, 0.25) is 5.02 Å². The van der Waals surface area contributed by atoms with E-state index < -0.39 is 10.0 Å². The molecule has 39 heavy (non-hydrogen) atoms. The Balaban J connectivity index is 1.61. The number of hydrogen-bond donors (Lipinski definition) is 4. The van der Waals surface area contributed by atoms with Crippen LogP contribution in [0.5, 0.6) is 0 Å². The molecule has 0 saturated carbocycles. The Morgan fingerprint density at radius 2 is 1.85 bits per heavy atom. The summed E-state index contributed by atoms with van der Waals surface area (Å²) in [7, 11) is -3.95. The number of halogens is 1. The van der Waals surface area contributed by atoms with Crippen LogP contribution >= 0.6 is 11.6 Å². The molecular formula is C28H32ClN5O4S. The molecule has 4 N–H and O–H groups in total. The van der Waals surface area contributed by atoms with Gasteiger partial charge in [0.15, 0.2) is 0 Å². The number of aromatic amines is 1. The topological polar surface area (TPSA) is 123 Å². The number of rotatable bonds is 10. The molecule has 206 valence electrons. The first-order valence-corrected chi connectivity index (χ1v) is 14.6. The number of carbonyl (C=O) groups is 2. The first-order chi connectivity index (χ1) is 18.5. The molecule has 0 aliphatic carbocycles. The highest BCUT2D eigenvalue weighted by atomic mass is 35.5. The van der Waals surface area contributed by atoms with Crippen molar-refractivity contribution >= 4 is 56.5 Å². The van der Waals surface area contributed by atoms with E-state index >= 15 is 0 Å². The number of likely N-dealkylation sites (N-methyl/N-ethyl adjacent to an activating group) is 1. The number of aryl methyl sites for hydroxylation is 1. The Bertz CT molecular complexity index is 1560. The molecule has 0 fully saturated rings. The quantitative estimate of drug-likeness (QED) is 0.265. The van der Waals surface area contributed by atoms with Gasteiger partial charge in [0, 0.05) is 40.8 Å². The first-order valence-electron chi connectivity index (χ1n) is 12.7. The molecule has 2 aromatic carbocycles. The van der Waals surface area contributed by atoms with E-state index in [1.807, 2.05) is 13.8 Å². The third kappa shape index (κ3) is 6.19.